The van der Waals surface area contributed by atoms with Crippen LogP contribution in [0.3, 0.4) is 0 Å². The molecule has 8 N–H and O–H groups in total. The van der Waals surface area contributed by atoms with Gasteiger partial charge < -0.3 is 32.2 Å². The number of nitrogens with zero attached hydrogens (tertiary/aromatic N) is 1. The van der Waals surface area contributed by atoms with Crippen molar-refractivity contribution in [2.75, 3.05) is 5.75 Å². The van der Waals surface area contributed by atoms with Crippen LogP contribution < -0.4 is 22.1 Å². The lowest BCUT2D eigenvalue weighted by atomic mass is 10.1. The van der Waals surface area contributed by atoms with E-state index in [1.807, 2.05) is 0 Å². The smallest absolute Gasteiger partial charge is 0.326 e. The van der Waals surface area contributed by atoms with Gasteiger partial charge in [0.25, 0.3) is 0 Å². The molecule has 12 heteroatoms. The van der Waals surface area contributed by atoms with Crippen LogP contribution in [-0.2, 0) is 25.6 Å². The lowest BCUT2D eigenvalue weighted by Crippen LogP contribution is -2.56. The molecule has 0 saturated carbocycles. The quantitative estimate of drug-likeness (QED) is 0.215. The first kappa shape index (κ1) is 20.4. The van der Waals surface area contributed by atoms with Gasteiger partial charge in [0.15, 0.2) is 0 Å². The van der Waals surface area contributed by atoms with Crippen LogP contribution in [0.2, 0.25) is 0 Å². The van der Waals surface area contributed by atoms with E-state index in [0.717, 1.165) is 0 Å². The highest BCUT2D eigenvalue weighted by Crippen LogP contribution is 1.99. The molecule has 0 aliphatic rings. The molecular weight excluding hydrogens is 352 g/mol. The summed E-state index contributed by atoms with van der Waals surface area (Å²) >= 11 is 3.96. The van der Waals surface area contributed by atoms with Crippen LogP contribution in [0, 0.1) is 0 Å². The summed E-state index contributed by atoms with van der Waals surface area (Å²) in [6.07, 6.45) is 2.55. The first-order valence-electron chi connectivity index (χ1n) is 7.20. The third kappa shape index (κ3) is 6.81. The summed E-state index contributed by atoms with van der Waals surface area (Å²) in [5.74, 6) is -3.85. The minimum Gasteiger partial charge on any atom is -0.480 e. The first-order chi connectivity index (χ1) is 11.7. The fraction of sp³-hybridized carbons (Fsp3) is 0.462. The lowest BCUT2D eigenvalue weighted by molar-refractivity contribution is -0.143. The van der Waals surface area contributed by atoms with Crippen LogP contribution in [-0.4, -0.2) is 62.6 Å². The van der Waals surface area contributed by atoms with E-state index in [9.17, 15) is 19.2 Å². The molecule has 1 aromatic heterocycles. The molecule has 1 heterocycles. The summed E-state index contributed by atoms with van der Waals surface area (Å²) < 4.78 is 0. The standard InChI is InChI=1S/C13H20N6O5S/c14-7(1-6-3-16-5-17-6)11(21)19-9(4-25)12(22)18-8(13(23)24)2-10(15)20/h3,5,7-9,25H,1-2,4,14H2,(H2,15,20)(H,16,17)(H,18,22)(H,19,21)(H,23,24). The predicted molar refractivity (Wildman–Crippen MR) is 89.4 cm³/mol. The number of amides is 3. The van der Waals surface area contributed by atoms with Crippen molar-refractivity contribution in [3.05, 3.63) is 18.2 Å². The van der Waals surface area contributed by atoms with Crippen molar-refractivity contribution in [2.24, 2.45) is 11.5 Å². The Morgan fingerprint density at radius 1 is 1.24 bits per heavy atom. The van der Waals surface area contributed by atoms with Gasteiger partial charge in [0.1, 0.15) is 12.1 Å². The molecule has 1 rings (SSSR count). The van der Waals surface area contributed by atoms with Crippen LogP contribution in [0.15, 0.2) is 12.5 Å². The number of carbonyl (C=O) groups excluding carboxylic acids is 3. The number of carboxylic acids is 1. The maximum absolute atomic E-state index is 12.1. The number of hydrogen-bond donors (Lipinski definition) is 7. The van der Waals surface area contributed by atoms with Gasteiger partial charge in [0, 0.05) is 24.1 Å². The zero-order chi connectivity index (χ0) is 19.0. The van der Waals surface area contributed by atoms with Gasteiger partial charge in [0.2, 0.25) is 17.7 Å². The number of primary amides is 1. The van der Waals surface area contributed by atoms with Crippen molar-refractivity contribution < 1.29 is 24.3 Å². The van der Waals surface area contributed by atoms with E-state index in [0.29, 0.717) is 5.69 Å². The minimum absolute atomic E-state index is 0.0999. The second-order valence-corrected chi connectivity index (χ2v) is 5.57. The van der Waals surface area contributed by atoms with Gasteiger partial charge in [-0.1, -0.05) is 0 Å². The zero-order valence-corrected chi connectivity index (χ0v) is 14.0. The Hall–Kier alpha value is -2.60. The summed E-state index contributed by atoms with van der Waals surface area (Å²) in [6.45, 7) is 0. The molecule has 0 fully saturated rings. The Bertz CT molecular complexity index is 622. The summed E-state index contributed by atoms with van der Waals surface area (Å²) in [6, 6.07) is -3.57. The summed E-state index contributed by atoms with van der Waals surface area (Å²) in [5.41, 5.74) is 11.3. The van der Waals surface area contributed by atoms with Crippen molar-refractivity contribution in [1.29, 1.82) is 0 Å². The number of carboxylic acid groups (broad SMARTS) is 1. The fourth-order valence-electron chi connectivity index (χ4n) is 1.87. The zero-order valence-electron chi connectivity index (χ0n) is 13.1. The molecule has 25 heavy (non-hydrogen) atoms. The lowest BCUT2D eigenvalue weighted by Gasteiger charge is -2.21. The largest absolute Gasteiger partial charge is 0.480 e. The van der Waals surface area contributed by atoms with E-state index in [2.05, 4.69) is 33.2 Å². The number of hydrogen-bond acceptors (Lipinski definition) is 7. The molecule has 0 aromatic carbocycles. The van der Waals surface area contributed by atoms with E-state index < -0.39 is 48.2 Å². The molecular formula is C13H20N6O5S. The van der Waals surface area contributed by atoms with E-state index >= 15 is 0 Å². The predicted octanol–water partition coefficient (Wildman–Crippen LogP) is -2.86. The monoisotopic (exact) mass is 372 g/mol. The second-order valence-electron chi connectivity index (χ2n) is 5.20. The molecule has 3 amide bonds. The molecule has 3 atom stereocenters. The molecule has 11 nitrogen and oxygen atoms in total. The number of imidazole rings is 1. The molecule has 138 valence electrons. The Kier molecular flexibility index (Phi) is 7.88. The Morgan fingerprint density at radius 2 is 1.88 bits per heavy atom. The molecule has 0 spiro atoms. The van der Waals surface area contributed by atoms with Gasteiger partial charge in [0.05, 0.1) is 18.8 Å². The van der Waals surface area contributed by atoms with Crippen LogP contribution in [0.1, 0.15) is 12.1 Å². The molecule has 0 aliphatic carbocycles. The summed E-state index contributed by atoms with van der Waals surface area (Å²) in [5, 5.41) is 13.5. The van der Waals surface area contributed by atoms with E-state index in [1.54, 1.807) is 0 Å². The van der Waals surface area contributed by atoms with Crippen LogP contribution >= 0.6 is 12.6 Å². The van der Waals surface area contributed by atoms with E-state index in [-0.39, 0.29) is 12.2 Å². The van der Waals surface area contributed by atoms with E-state index in [4.69, 9.17) is 16.6 Å². The maximum atomic E-state index is 12.1. The third-order valence-electron chi connectivity index (χ3n) is 3.17. The molecule has 0 aliphatic heterocycles. The summed E-state index contributed by atoms with van der Waals surface area (Å²) in [7, 11) is 0. The minimum atomic E-state index is -1.50. The Labute approximate surface area is 148 Å². The van der Waals surface area contributed by atoms with Crippen molar-refractivity contribution in [2.45, 2.75) is 31.0 Å². The molecule has 3 unspecified atom stereocenters. The highest BCUT2D eigenvalue weighted by Gasteiger charge is 2.28. The first-order valence-corrected chi connectivity index (χ1v) is 7.83. The number of H-pyrrole nitrogens is 1. The Morgan fingerprint density at radius 3 is 2.36 bits per heavy atom. The van der Waals surface area contributed by atoms with Gasteiger partial charge >= 0.3 is 5.97 Å². The number of thiol groups is 1. The molecule has 1 aromatic rings. The number of rotatable bonds is 10. The Balaban J connectivity index is 2.63. The fourth-order valence-corrected chi connectivity index (χ4v) is 2.13. The van der Waals surface area contributed by atoms with Crippen LogP contribution in [0.5, 0.6) is 0 Å². The molecule has 0 bridgehead atoms. The van der Waals surface area contributed by atoms with Gasteiger partial charge in [-0.25, -0.2) is 9.78 Å². The van der Waals surface area contributed by atoms with Crippen LogP contribution in [0.4, 0.5) is 0 Å². The SMILES string of the molecule is NC(=O)CC(NC(=O)C(CS)NC(=O)C(N)Cc1cnc[nH]1)C(=O)O. The van der Waals surface area contributed by atoms with E-state index in [1.165, 1.54) is 12.5 Å². The van der Waals surface area contributed by atoms with Crippen molar-refractivity contribution in [3.8, 4) is 0 Å². The van der Waals surface area contributed by atoms with Crippen LogP contribution in [0.25, 0.3) is 0 Å². The number of nitrogens with two attached hydrogens (primary N) is 2. The van der Waals surface area contributed by atoms with Gasteiger partial charge in [-0.15, -0.1) is 0 Å². The highest BCUT2D eigenvalue weighted by molar-refractivity contribution is 7.80. The average molecular weight is 372 g/mol. The summed E-state index contributed by atoms with van der Waals surface area (Å²) in [4.78, 5) is 52.6. The van der Waals surface area contributed by atoms with Crippen molar-refractivity contribution in [1.82, 2.24) is 20.6 Å². The topological polar surface area (TPSA) is 193 Å². The molecule has 0 radical (unpaired) electrons. The number of aromatic nitrogens is 2. The van der Waals surface area contributed by atoms with Gasteiger partial charge in [-0.2, -0.15) is 12.6 Å². The average Bonchev–Trinajstić information content (AvgIpc) is 3.03. The van der Waals surface area contributed by atoms with Gasteiger partial charge in [-0.3, -0.25) is 14.4 Å². The van der Waals surface area contributed by atoms with Crippen molar-refractivity contribution >= 4 is 36.3 Å². The third-order valence-corrected chi connectivity index (χ3v) is 3.53. The van der Waals surface area contributed by atoms with Crippen molar-refractivity contribution in [3.63, 3.8) is 0 Å². The number of aromatic amines is 1. The maximum Gasteiger partial charge on any atom is 0.326 e. The number of carbonyl (C=O) groups is 4. The second kappa shape index (κ2) is 9.64. The number of aliphatic carboxylic acids is 1. The molecule has 0 saturated heterocycles. The highest BCUT2D eigenvalue weighted by atomic mass is 32.1. The number of nitrogens with one attached hydrogen (secondary N) is 3. The normalized spacial score (nSPS) is 14.2. The van der Waals surface area contributed by atoms with Gasteiger partial charge in [-0.05, 0) is 0 Å².